The van der Waals surface area contributed by atoms with E-state index in [1.807, 2.05) is 0 Å². The molecule has 0 aliphatic heterocycles. The number of hydrogen-bond donors (Lipinski definition) is 1. The summed E-state index contributed by atoms with van der Waals surface area (Å²) in [6, 6.07) is 4.43. The van der Waals surface area contributed by atoms with Crippen LogP contribution in [0.5, 0.6) is 11.6 Å². The monoisotopic (exact) mass is 292 g/mol. The highest BCUT2D eigenvalue weighted by atomic mass is 19.1. The van der Waals surface area contributed by atoms with E-state index in [1.165, 1.54) is 12.1 Å². The maximum Gasteiger partial charge on any atom is 0.337 e. The predicted octanol–water partition coefficient (Wildman–Crippen LogP) is 2.93. The Hall–Kier alpha value is -3.03. The first-order valence-corrected chi connectivity index (χ1v) is 5.70. The van der Waals surface area contributed by atoms with Gasteiger partial charge >= 0.3 is 11.7 Å². The topological polar surface area (TPSA) is 103 Å². The molecule has 0 fully saturated rings. The van der Waals surface area contributed by atoms with Crippen molar-refractivity contribution in [2.45, 2.75) is 6.92 Å². The van der Waals surface area contributed by atoms with Gasteiger partial charge in [-0.2, -0.15) is 4.39 Å². The first-order valence-electron chi connectivity index (χ1n) is 5.70. The second kappa shape index (κ2) is 5.53. The fourth-order valence-corrected chi connectivity index (χ4v) is 1.60. The Labute approximate surface area is 117 Å². The number of nitrogens with zero attached hydrogens (tertiary/aromatic N) is 2. The second-order valence-corrected chi connectivity index (χ2v) is 4.12. The second-order valence-electron chi connectivity index (χ2n) is 4.12. The molecule has 7 nitrogen and oxygen atoms in total. The lowest BCUT2D eigenvalue weighted by molar-refractivity contribution is -0.387. The molecule has 0 radical (unpaired) electrons. The number of nitro benzene ring substituents is 1. The standard InChI is InChI=1S/C13H9FN2O5/c1-7-4-8(13(17)18)6-15-12(7)21-9-2-3-11(16(19)20)10(14)5-9/h2-6H,1H3,(H,17,18). The number of carboxylic acid groups (broad SMARTS) is 1. The molecule has 21 heavy (non-hydrogen) atoms. The van der Waals surface area contributed by atoms with Crippen LogP contribution in [-0.4, -0.2) is 21.0 Å². The third-order valence-corrected chi connectivity index (χ3v) is 2.61. The molecule has 108 valence electrons. The Balaban J connectivity index is 2.28. The van der Waals surface area contributed by atoms with Crippen LogP contribution in [0, 0.1) is 22.9 Å². The Kier molecular flexibility index (Phi) is 3.79. The summed E-state index contributed by atoms with van der Waals surface area (Å²) >= 11 is 0. The van der Waals surface area contributed by atoms with Crippen molar-refractivity contribution in [1.82, 2.24) is 4.98 Å². The van der Waals surface area contributed by atoms with Gasteiger partial charge in [0.05, 0.1) is 10.5 Å². The lowest BCUT2D eigenvalue weighted by Crippen LogP contribution is -2.00. The van der Waals surface area contributed by atoms with Gasteiger partial charge in [-0.05, 0) is 19.1 Å². The number of nitro groups is 1. The quantitative estimate of drug-likeness (QED) is 0.686. The zero-order chi connectivity index (χ0) is 15.6. The lowest BCUT2D eigenvalue weighted by Gasteiger charge is -2.08. The molecule has 0 atom stereocenters. The molecule has 2 rings (SSSR count). The van der Waals surface area contributed by atoms with Crippen LogP contribution in [0.15, 0.2) is 30.5 Å². The smallest absolute Gasteiger partial charge is 0.337 e. The summed E-state index contributed by atoms with van der Waals surface area (Å²) in [5.41, 5.74) is -0.225. The van der Waals surface area contributed by atoms with Gasteiger partial charge < -0.3 is 9.84 Å². The number of ether oxygens (including phenoxy) is 1. The zero-order valence-corrected chi connectivity index (χ0v) is 10.7. The average Bonchev–Trinajstić information content (AvgIpc) is 2.40. The molecular formula is C13H9FN2O5. The van der Waals surface area contributed by atoms with Gasteiger partial charge in [-0.25, -0.2) is 9.78 Å². The van der Waals surface area contributed by atoms with E-state index in [9.17, 15) is 19.3 Å². The number of carboxylic acids is 1. The van der Waals surface area contributed by atoms with Gasteiger partial charge in [-0.1, -0.05) is 0 Å². The summed E-state index contributed by atoms with van der Waals surface area (Å²) in [7, 11) is 0. The number of halogens is 1. The number of hydrogen-bond acceptors (Lipinski definition) is 5. The predicted molar refractivity (Wildman–Crippen MR) is 69.1 cm³/mol. The largest absolute Gasteiger partial charge is 0.478 e. The molecule has 0 spiro atoms. The lowest BCUT2D eigenvalue weighted by atomic mass is 10.2. The number of rotatable bonds is 4. The van der Waals surface area contributed by atoms with Gasteiger partial charge in [0.2, 0.25) is 11.7 Å². The minimum absolute atomic E-state index is 0.00488. The molecule has 2 aromatic rings. The molecule has 1 heterocycles. The van der Waals surface area contributed by atoms with E-state index < -0.39 is 22.4 Å². The molecule has 8 heteroatoms. The number of carbonyl (C=O) groups is 1. The first kappa shape index (κ1) is 14.4. The first-order chi connectivity index (χ1) is 9.88. The summed E-state index contributed by atoms with van der Waals surface area (Å²) in [5.74, 6) is -2.04. The van der Waals surface area contributed by atoms with E-state index in [4.69, 9.17) is 9.84 Å². The van der Waals surface area contributed by atoms with Crippen molar-refractivity contribution in [2.75, 3.05) is 0 Å². The number of benzene rings is 1. The third kappa shape index (κ3) is 3.11. The van der Waals surface area contributed by atoms with Crippen molar-refractivity contribution in [1.29, 1.82) is 0 Å². The van der Waals surface area contributed by atoms with Gasteiger partial charge in [0.1, 0.15) is 5.75 Å². The Bertz CT molecular complexity index is 732. The molecule has 0 saturated carbocycles. The Morgan fingerprint density at radius 3 is 2.67 bits per heavy atom. The summed E-state index contributed by atoms with van der Waals surface area (Å²) in [6.45, 7) is 1.58. The molecule has 0 saturated heterocycles. The summed E-state index contributed by atoms with van der Waals surface area (Å²) in [5, 5.41) is 19.3. The molecule has 1 aromatic carbocycles. The molecule has 0 aliphatic rings. The van der Waals surface area contributed by atoms with E-state index >= 15 is 0 Å². The van der Waals surface area contributed by atoms with Crippen LogP contribution in [0.4, 0.5) is 10.1 Å². The van der Waals surface area contributed by atoms with Crippen molar-refractivity contribution in [3.63, 3.8) is 0 Å². The third-order valence-electron chi connectivity index (χ3n) is 2.61. The van der Waals surface area contributed by atoms with Crippen molar-refractivity contribution in [3.8, 4) is 11.6 Å². The number of aromatic nitrogens is 1. The van der Waals surface area contributed by atoms with Crippen molar-refractivity contribution in [2.24, 2.45) is 0 Å². The Morgan fingerprint density at radius 1 is 1.43 bits per heavy atom. The minimum Gasteiger partial charge on any atom is -0.478 e. The number of aromatic carboxylic acids is 1. The SMILES string of the molecule is Cc1cc(C(=O)O)cnc1Oc1ccc([N+](=O)[O-])c(F)c1. The van der Waals surface area contributed by atoms with Crippen LogP contribution in [0.3, 0.4) is 0 Å². The summed E-state index contributed by atoms with van der Waals surface area (Å²) in [4.78, 5) is 24.3. The highest BCUT2D eigenvalue weighted by Crippen LogP contribution is 2.27. The van der Waals surface area contributed by atoms with Crippen LogP contribution in [0.1, 0.15) is 15.9 Å². The number of pyridine rings is 1. The summed E-state index contributed by atoms with van der Waals surface area (Å²) in [6.07, 6.45) is 1.10. The molecule has 0 bridgehead atoms. The fourth-order valence-electron chi connectivity index (χ4n) is 1.60. The van der Waals surface area contributed by atoms with Crippen LogP contribution in [-0.2, 0) is 0 Å². The fraction of sp³-hybridized carbons (Fsp3) is 0.0769. The van der Waals surface area contributed by atoms with Gasteiger partial charge in [0.15, 0.2) is 0 Å². The molecule has 0 aliphatic carbocycles. The van der Waals surface area contributed by atoms with Gasteiger partial charge in [-0.15, -0.1) is 0 Å². The van der Waals surface area contributed by atoms with Crippen molar-refractivity contribution >= 4 is 11.7 Å². The molecule has 0 amide bonds. The van der Waals surface area contributed by atoms with Crippen LogP contribution >= 0.6 is 0 Å². The zero-order valence-electron chi connectivity index (χ0n) is 10.7. The van der Waals surface area contributed by atoms with Crippen molar-refractivity contribution in [3.05, 3.63) is 57.5 Å². The van der Waals surface area contributed by atoms with Gasteiger partial charge in [0.25, 0.3) is 0 Å². The average molecular weight is 292 g/mol. The highest BCUT2D eigenvalue weighted by Gasteiger charge is 2.15. The normalized spacial score (nSPS) is 10.2. The van der Waals surface area contributed by atoms with Crippen molar-refractivity contribution < 1.29 is 24.0 Å². The molecule has 0 unspecified atom stereocenters. The van der Waals surface area contributed by atoms with E-state index in [1.54, 1.807) is 6.92 Å². The van der Waals surface area contributed by atoms with E-state index in [0.29, 0.717) is 5.56 Å². The molecule has 1 aromatic heterocycles. The number of aryl methyl sites for hydroxylation is 1. The summed E-state index contributed by atoms with van der Waals surface area (Å²) < 4.78 is 18.7. The van der Waals surface area contributed by atoms with E-state index in [2.05, 4.69) is 4.98 Å². The van der Waals surface area contributed by atoms with Crippen LogP contribution in [0.2, 0.25) is 0 Å². The van der Waals surface area contributed by atoms with Crippen LogP contribution in [0.25, 0.3) is 0 Å². The van der Waals surface area contributed by atoms with Crippen LogP contribution < -0.4 is 4.74 Å². The maximum atomic E-state index is 13.5. The van der Waals surface area contributed by atoms with E-state index in [-0.39, 0.29) is 17.2 Å². The van der Waals surface area contributed by atoms with E-state index in [0.717, 1.165) is 18.3 Å². The van der Waals surface area contributed by atoms with Gasteiger partial charge in [0, 0.05) is 23.9 Å². The highest BCUT2D eigenvalue weighted by molar-refractivity contribution is 5.87. The minimum atomic E-state index is -1.13. The maximum absolute atomic E-state index is 13.5. The molecular weight excluding hydrogens is 283 g/mol. The van der Waals surface area contributed by atoms with Gasteiger partial charge in [-0.3, -0.25) is 10.1 Å². The molecule has 1 N–H and O–H groups in total. The Morgan fingerprint density at radius 2 is 2.14 bits per heavy atom.